The molecule has 0 saturated heterocycles. The van der Waals surface area contributed by atoms with E-state index in [2.05, 4.69) is 5.32 Å². The van der Waals surface area contributed by atoms with Crippen molar-refractivity contribution in [3.8, 4) is 5.75 Å². The molecular formula is C23H27NO5. The van der Waals surface area contributed by atoms with Gasteiger partial charge in [-0.15, -0.1) is 0 Å². The molecule has 6 nitrogen and oxygen atoms in total. The summed E-state index contributed by atoms with van der Waals surface area (Å²) in [6.45, 7) is 8.80. The first-order valence-electron chi connectivity index (χ1n) is 9.55. The molecule has 0 aromatic heterocycles. The second kappa shape index (κ2) is 9.87. The van der Waals surface area contributed by atoms with Crippen LogP contribution in [0.15, 0.2) is 36.4 Å². The monoisotopic (exact) mass is 397 g/mol. The molecule has 0 unspecified atom stereocenters. The van der Waals surface area contributed by atoms with E-state index in [9.17, 15) is 14.4 Å². The second-order valence-corrected chi connectivity index (χ2v) is 6.98. The van der Waals surface area contributed by atoms with Gasteiger partial charge in [0.05, 0.1) is 0 Å². The van der Waals surface area contributed by atoms with E-state index in [-0.39, 0.29) is 12.4 Å². The highest BCUT2D eigenvalue weighted by Gasteiger charge is 2.19. The molecule has 2 rings (SSSR count). The first-order chi connectivity index (χ1) is 13.7. The summed E-state index contributed by atoms with van der Waals surface area (Å²) < 4.78 is 10.5. The van der Waals surface area contributed by atoms with Gasteiger partial charge in [-0.3, -0.25) is 9.59 Å². The van der Waals surface area contributed by atoms with Crippen molar-refractivity contribution in [3.63, 3.8) is 0 Å². The smallest absolute Gasteiger partial charge is 0.344 e. The van der Waals surface area contributed by atoms with Crippen molar-refractivity contribution in [2.24, 2.45) is 0 Å². The number of hydrogen-bond acceptors (Lipinski definition) is 5. The minimum absolute atomic E-state index is 0.0369. The number of carbonyl (C=O) groups is 3. The molecule has 154 valence electrons. The van der Waals surface area contributed by atoms with Gasteiger partial charge in [-0.25, -0.2) is 4.79 Å². The van der Waals surface area contributed by atoms with E-state index in [1.54, 1.807) is 31.2 Å². The molecular weight excluding hydrogens is 370 g/mol. The Morgan fingerprint density at radius 3 is 2.14 bits per heavy atom. The van der Waals surface area contributed by atoms with Crippen LogP contribution in [0.25, 0.3) is 0 Å². The third-order valence-electron chi connectivity index (χ3n) is 4.46. The fourth-order valence-electron chi connectivity index (χ4n) is 2.97. The van der Waals surface area contributed by atoms with Gasteiger partial charge in [0.15, 0.2) is 18.5 Å². The van der Waals surface area contributed by atoms with E-state index in [1.165, 1.54) is 6.92 Å². The van der Waals surface area contributed by atoms with Crippen LogP contribution in [0.2, 0.25) is 0 Å². The number of anilines is 1. The average Bonchev–Trinajstić information content (AvgIpc) is 2.68. The highest BCUT2D eigenvalue weighted by molar-refractivity contribution is 5.96. The molecule has 0 radical (unpaired) electrons. The Hall–Kier alpha value is -3.15. The molecule has 0 aliphatic heterocycles. The number of carbonyl (C=O) groups excluding carboxylic acids is 3. The van der Waals surface area contributed by atoms with Crippen LogP contribution >= 0.6 is 0 Å². The van der Waals surface area contributed by atoms with E-state index >= 15 is 0 Å². The van der Waals surface area contributed by atoms with Gasteiger partial charge in [-0.1, -0.05) is 24.6 Å². The zero-order valence-corrected chi connectivity index (χ0v) is 17.5. The lowest BCUT2D eigenvalue weighted by atomic mass is 10.0. The molecule has 2 aromatic rings. The minimum atomic E-state index is -0.962. The van der Waals surface area contributed by atoms with Crippen molar-refractivity contribution >= 4 is 23.3 Å². The van der Waals surface area contributed by atoms with E-state index in [1.807, 2.05) is 32.9 Å². The van der Waals surface area contributed by atoms with Gasteiger partial charge in [0, 0.05) is 17.7 Å². The molecule has 1 N–H and O–H groups in total. The summed E-state index contributed by atoms with van der Waals surface area (Å²) in [7, 11) is 0. The maximum atomic E-state index is 12.4. The third-order valence-corrected chi connectivity index (χ3v) is 4.46. The first kappa shape index (κ1) is 22.1. The lowest BCUT2D eigenvalue weighted by Gasteiger charge is -2.17. The summed E-state index contributed by atoms with van der Waals surface area (Å²) in [6, 6.07) is 10.5. The maximum Gasteiger partial charge on any atom is 0.344 e. The van der Waals surface area contributed by atoms with Crippen LogP contribution in [0.3, 0.4) is 0 Å². The van der Waals surface area contributed by atoms with E-state index < -0.39 is 18.0 Å². The predicted octanol–water partition coefficient (Wildman–Crippen LogP) is 4.15. The van der Waals surface area contributed by atoms with Crippen LogP contribution in [0.5, 0.6) is 5.75 Å². The molecule has 0 spiro atoms. The van der Waals surface area contributed by atoms with Gasteiger partial charge in [-0.2, -0.15) is 0 Å². The van der Waals surface area contributed by atoms with Crippen LogP contribution in [0.1, 0.15) is 47.3 Å². The summed E-state index contributed by atoms with van der Waals surface area (Å²) in [6.07, 6.45) is -0.538. The number of esters is 1. The quantitative estimate of drug-likeness (QED) is 0.534. The molecule has 1 atom stereocenters. The van der Waals surface area contributed by atoms with Gasteiger partial charge >= 0.3 is 5.97 Å². The zero-order chi connectivity index (χ0) is 21.6. The lowest BCUT2D eigenvalue weighted by molar-refractivity contribution is -0.155. The minimum Gasteiger partial charge on any atom is -0.482 e. The number of nitrogens with one attached hydrogen (secondary N) is 1. The SMILES string of the molecule is CCC(=O)c1ccc(OCC(=O)O[C@H](C)C(=O)Nc2c(C)cc(C)cc2C)cc1. The Kier molecular flexibility index (Phi) is 7.53. The summed E-state index contributed by atoms with van der Waals surface area (Å²) in [5, 5.41) is 2.82. The average molecular weight is 397 g/mol. The lowest BCUT2D eigenvalue weighted by Crippen LogP contribution is -2.32. The molecule has 0 saturated carbocycles. The summed E-state index contributed by atoms with van der Waals surface area (Å²) >= 11 is 0. The van der Waals surface area contributed by atoms with Crippen LogP contribution in [-0.4, -0.2) is 30.4 Å². The van der Waals surface area contributed by atoms with E-state index in [0.29, 0.717) is 17.7 Å². The van der Waals surface area contributed by atoms with Crippen molar-refractivity contribution in [1.29, 1.82) is 0 Å². The molecule has 0 aliphatic rings. The summed E-state index contributed by atoms with van der Waals surface area (Å²) in [5.74, 6) is -0.581. The van der Waals surface area contributed by atoms with Crippen LogP contribution < -0.4 is 10.1 Å². The largest absolute Gasteiger partial charge is 0.482 e. The van der Waals surface area contributed by atoms with Crippen LogP contribution in [0.4, 0.5) is 5.69 Å². The number of ketones is 1. The molecule has 0 aliphatic carbocycles. The molecule has 6 heteroatoms. The Labute approximate surface area is 171 Å². The number of rotatable bonds is 8. The first-order valence-corrected chi connectivity index (χ1v) is 9.55. The topological polar surface area (TPSA) is 81.7 Å². The normalized spacial score (nSPS) is 11.5. The molecule has 0 heterocycles. The number of ether oxygens (including phenoxy) is 2. The Morgan fingerprint density at radius 1 is 1.00 bits per heavy atom. The number of amides is 1. The highest BCUT2D eigenvalue weighted by Crippen LogP contribution is 2.22. The molecule has 0 fully saturated rings. The fourth-order valence-corrected chi connectivity index (χ4v) is 2.97. The third kappa shape index (κ3) is 6.17. The summed E-state index contributed by atoms with van der Waals surface area (Å²) in [4.78, 5) is 36.0. The van der Waals surface area contributed by atoms with Crippen molar-refractivity contribution in [3.05, 3.63) is 58.7 Å². The van der Waals surface area contributed by atoms with E-state index in [4.69, 9.17) is 9.47 Å². The van der Waals surface area contributed by atoms with Crippen LogP contribution in [-0.2, 0) is 14.3 Å². The molecule has 0 bridgehead atoms. The van der Waals surface area contributed by atoms with Crippen molar-refractivity contribution in [2.75, 3.05) is 11.9 Å². The standard InChI is InChI=1S/C23H27NO5/c1-6-20(25)18-7-9-19(10-8-18)28-13-21(26)29-17(5)23(27)24-22-15(3)11-14(2)12-16(22)4/h7-12,17H,6,13H2,1-5H3,(H,24,27)/t17-/m1/s1. The fraction of sp³-hybridized carbons (Fsp3) is 0.348. The van der Waals surface area contributed by atoms with Crippen LogP contribution in [0, 0.1) is 20.8 Å². The molecule has 1 amide bonds. The zero-order valence-electron chi connectivity index (χ0n) is 17.5. The number of hydrogen-bond donors (Lipinski definition) is 1. The van der Waals surface area contributed by atoms with Crippen molar-refractivity contribution < 1.29 is 23.9 Å². The highest BCUT2D eigenvalue weighted by atomic mass is 16.6. The Morgan fingerprint density at radius 2 is 1.59 bits per heavy atom. The van der Waals surface area contributed by atoms with Gasteiger partial charge in [-0.05, 0) is 63.1 Å². The Balaban J connectivity index is 1.87. The maximum absolute atomic E-state index is 12.4. The molecule has 29 heavy (non-hydrogen) atoms. The van der Waals surface area contributed by atoms with Gasteiger partial charge < -0.3 is 14.8 Å². The molecule has 2 aromatic carbocycles. The van der Waals surface area contributed by atoms with E-state index in [0.717, 1.165) is 22.4 Å². The number of Topliss-reactive ketones (excluding diaryl/α,β-unsaturated/α-hetero) is 1. The second-order valence-electron chi connectivity index (χ2n) is 6.98. The predicted molar refractivity (Wildman–Crippen MR) is 111 cm³/mol. The number of benzene rings is 2. The van der Waals surface area contributed by atoms with Crippen molar-refractivity contribution in [1.82, 2.24) is 0 Å². The van der Waals surface area contributed by atoms with Gasteiger partial charge in [0.25, 0.3) is 5.91 Å². The summed E-state index contributed by atoms with van der Waals surface area (Å²) in [5.41, 5.74) is 4.32. The van der Waals surface area contributed by atoms with Crippen molar-refractivity contribution in [2.45, 2.75) is 47.1 Å². The number of aryl methyl sites for hydroxylation is 3. The van der Waals surface area contributed by atoms with Gasteiger partial charge in [0.2, 0.25) is 0 Å². The Bertz CT molecular complexity index is 879. The van der Waals surface area contributed by atoms with Gasteiger partial charge in [0.1, 0.15) is 5.75 Å².